The summed E-state index contributed by atoms with van der Waals surface area (Å²) in [5.74, 6) is -2.55. The molecule has 3 nitrogen and oxygen atoms in total. The second-order valence-corrected chi connectivity index (χ2v) is 3.48. The molecule has 0 amide bonds. The lowest BCUT2D eigenvalue weighted by Gasteiger charge is -2.16. The van der Waals surface area contributed by atoms with Crippen LogP contribution in [0.15, 0.2) is 18.2 Å². The molecular formula is C11H8F6O3. The van der Waals surface area contributed by atoms with Crippen LogP contribution in [-0.4, -0.2) is 18.9 Å². The minimum atomic E-state index is -5.31. The van der Waals surface area contributed by atoms with Gasteiger partial charge in [-0.3, -0.25) is 0 Å². The zero-order valence-corrected chi connectivity index (χ0v) is 9.93. The van der Waals surface area contributed by atoms with Crippen molar-refractivity contribution in [3.63, 3.8) is 0 Å². The Kier molecular flexibility index (Phi) is 4.51. The number of halogens is 6. The second-order valence-electron chi connectivity index (χ2n) is 3.48. The fourth-order valence-electron chi connectivity index (χ4n) is 1.31. The summed E-state index contributed by atoms with van der Waals surface area (Å²) in [6, 6.07) is 1.38. The predicted molar refractivity (Wildman–Crippen MR) is 54.1 cm³/mol. The Labute approximate surface area is 109 Å². The summed E-state index contributed by atoms with van der Waals surface area (Å²) in [4.78, 5) is 11.3. The molecule has 0 aliphatic rings. The van der Waals surface area contributed by atoms with Gasteiger partial charge in [-0.05, 0) is 25.1 Å². The highest BCUT2D eigenvalue weighted by Gasteiger charge is 2.39. The molecule has 0 aliphatic carbocycles. The van der Waals surface area contributed by atoms with E-state index in [0.717, 1.165) is 0 Å². The zero-order chi connectivity index (χ0) is 15.6. The predicted octanol–water partition coefficient (Wildman–Crippen LogP) is 3.78. The first-order valence-corrected chi connectivity index (χ1v) is 5.18. The third-order valence-electron chi connectivity index (χ3n) is 2.02. The van der Waals surface area contributed by atoms with Gasteiger partial charge in [0, 0.05) is 0 Å². The molecule has 0 fully saturated rings. The Balaban J connectivity index is 3.25. The van der Waals surface area contributed by atoms with Crippen LogP contribution in [0.4, 0.5) is 26.3 Å². The number of benzene rings is 1. The lowest BCUT2D eigenvalue weighted by Crippen LogP contribution is -2.20. The van der Waals surface area contributed by atoms with Crippen LogP contribution in [0.1, 0.15) is 22.8 Å². The van der Waals surface area contributed by atoms with Crippen LogP contribution < -0.4 is 4.74 Å². The molecule has 112 valence electrons. The molecule has 0 atom stereocenters. The van der Waals surface area contributed by atoms with Gasteiger partial charge >= 0.3 is 18.5 Å². The van der Waals surface area contributed by atoms with E-state index in [1.54, 1.807) is 0 Å². The van der Waals surface area contributed by atoms with Gasteiger partial charge in [-0.1, -0.05) is 0 Å². The number of ether oxygens (including phenoxy) is 2. The number of esters is 1. The van der Waals surface area contributed by atoms with Crippen molar-refractivity contribution in [2.75, 3.05) is 6.61 Å². The first-order chi connectivity index (χ1) is 9.04. The summed E-state index contributed by atoms with van der Waals surface area (Å²) < 4.78 is 81.7. The molecule has 0 heterocycles. The monoisotopic (exact) mass is 302 g/mol. The number of alkyl halides is 6. The summed E-state index contributed by atoms with van der Waals surface area (Å²) in [6.45, 7) is 1.37. The maximum absolute atomic E-state index is 12.5. The van der Waals surface area contributed by atoms with Crippen molar-refractivity contribution in [3.8, 4) is 5.75 Å². The Morgan fingerprint density at radius 1 is 1.15 bits per heavy atom. The lowest BCUT2D eigenvalue weighted by atomic mass is 10.1. The van der Waals surface area contributed by atoms with Crippen LogP contribution >= 0.6 is 0 Å². The van der Waals surface area contributed by atoms with E-state index in [-0.39, 0.29) is 6.61 Å². The van der Waals surface area contributed by atoms with Crippen molar-refractivity contribution in [2.45, 2.75) is 19.5 Å². The molecule has 9 heteroatoms. The summed E-state index contributed by atoms with van der Waals surface area (Å²) in [5, 5.41) is 0. The summed E-state index contributed by atoms with van der Waals surface area (Å²) >= 11 is 0. The quantitative estimate of drug-likeness (QED) is 0.629. The average molecular weight is 302 g/mol. The van der Waals surface area contributed by atoms with Crippen molar-refractivity contribution < 1.29 is 40.6 Å². The van der Waals surface area contributed by atoms with Gasteiger partial charge in [0.25, 0.3) is 0 Å². The van der Waals surface area contributed by atoms with Crippen molar-refractivity contribution in [1.29, 1.82) is 0 Å². The highest BCUT2D eigenvalue weighted by Crippen LogP contribution is 2.38. The van der Waals surface area contributed by atoms with Crippen molar-refractivity contribution in [2.24, 2.45) is 0 Å². The van der Waals surface area contributed by atoms with Gasteiger partial charge in [-0.25, -0.2) is 4.79 Å². The Hall–Kier alpha value is -1.93. The molecule has 0 N–H and O–H groups in total. The first kappa shape index (κ1) is 16.1. The number of carbonyl (C=O) groups excluding carboxylic acids is 1. The molecule has 1 aromatic carbocycles. The molecule has 0 unspecified atom stereocenters. The molecule has 0 radical (unpaired) electrons. The minimum absolute atomic E-state index is 0.0741. The topological polar surface area (TPSA) is 35.5 Å². The third kappa shape index (κ3) is 4.32. The smallest absolute Gasteiger partial charge is 0.462 e. The average Bonchev–Trinajstić information content (AvgIpc) is 2.25. The molecule has 0 aromatic heterocycles. The van der Waals surface area contributed by atoms with Gasteiger partial charge in [-0.15, -0.1) is 13.2 Å². The zero-order valence-electron chi connectivity index (χ0n) is 9.93. The largest absolute Gasteiger partial charge is 0.573 e. The van der Waals surface area contributed by atoms with Gasteiger partial charge in [-0.2, -0.15) is 13.2 Å². The van der Waals surface area contributed by atoms with Crippen LogP contribution in [0, 0.1) is 0 Å². The van der Waals surface area contributed by atoms with E-state index in [1.165, 1.54) is 6.92 Å². The molecule has 1 rings (SSSR count). The third-order valence-corrected chi connectivity index (χ3v) is 2.02. The van der Waals surface area contributed by atoms with Crippen LogP contribution in [0.25, 0.3) is 0 Å². The Morgan fingerprint density at radius 2 is 1.75 bits per heavy atom. The molecular weight excluding hydrogens is 294 g/mol. The minimum Gasteiger partial charge on any atom is -0.462 e. The fraction of sp³-hybridized carbons (Fsp3) is 0.364. The molecule has 0 saturated heterocycles. The van der Waals surface area contributed by atoms with E-state index in [9.17, 15) is 31.1 Å². The maximum Gasteiger partial charge on any atom is 0.573 e. The van der Waals surface area contributed by atoms with E-state index >= 15 is 0 Å². The van der Waals surface area contributed by atoms with Crippen molar-refractivity contribution in [3.05, 3.63) is 29.3 Å². The lowest BCUT2D eigenvalue weighted by molar-refractivity contribution is -0.276. The Bertz CT molecular complexity index is 492. The van der Waals surface area contributed by atoms with Crippen LogP contribution in [0.5, 0.6) is 5.75 Å². The molecule has 1 aromatic rings. The molecule has 0 saturated carbocycles. The number of carbonyl (C=O) groups is 1. The maximum atomic E-state index is 12.5. The fourth-order valence-corrected chi connectivity index (χ4v) is 1.31. The molecule has 0 bridgehead atoms. The summed E-state index contributed by atoms with van der Waals surface area (Å²) in [6.07, 6.45) is -10.4. The van der Waals surface area contributed by atoms with Crippen LogP contribution in [-0.2, 0) is 10.9 Å². The SMILES string of the molecule is CCOC(=O)c1ccc(C(F)(F)F)c(OC(F)(F)F)c1. The summed E-state index contributed by atoms with van der Waals surface area (Å²) in [7, 11) is 0. The van der Waals surface area contributed by atoms with E-state index in [4.69, 9.17) is 0 Å². The van der Waals surface area contributed by atoms with Crippen LogP contribution in [0.3, 0.4) is 0 Å². The number of hydrogen-bond donors (Lipinski definition) is 0. The van der Waals surface area contributed by atoms with Gasteiger partial charge in [0.15, 0.2) is 0 Å². The number of rotatable bonds is 3. The van der Waals surface area contributed by atoms with Gasteiger partial charge in [0.2, 0.25) is 0 Å². The molecule has 0 aliphatic heterocycles. The number of hydrogen-bond acceptors (Lipinski definition) is 3. The molecule has 0 spiro atoms. The second kappa shape index (κ2) is 5.59. The standard InChI is InChI=1S/C11H8F6O3/c1-2-19-9(18)6-3-4-7(10(12,13)14)8(5-6)20-11(15,16)17/h3-5H,2H2,1H3. The van der Waals surface area contributed by atoms with Gasteiger partial charge in [0.1, 0.15) is 5.75 Å². The summed E-state index contributed by atoms with van der Waals surface area (Å²) in [5.41, 5.74) is -2.11. The highest BCUT2D eigenvalue weighted by molar-refractivity contribution is 5.90. The highest BCUT2D eigenvalue weighted by atomic mass is 19.4. The van der Waals surface area contributed by atoms with Crippen molar-refractivity contribution in [1.82, 2.24) is 0 Å². The van der Waals surface area contributed by atoms with E-state index in [2.05, 4.69) is 9.47 Å². The van der Waals surface area contributed by atoms with E-state index in [0.29, 0.717) is 18.2 Å². The van der Waals surface area contributed by atoms with E-state index < -0.39 is 35.4 Å². The van der Waals surface area contributed by atoms with Gasteiger partial charge < -0.3 is 9.47 Å². The van der Waals surface area contributed by atoms with Gasteiger partial charge in [0.05, 0.1) is 17.7 Å². The Morgan fingerprint density at radius 3 is 2.20 bits per heavy atom. The van der Waals surface area contributed by atoms with E-state index in [1.807, 2.05) is 0 Å². The first-order valence-electron chi connectivity index (χ1n) is 5.18. The van der Waals surface area contributed by atoms with Crippen LogP contribution in [0.2, 0.25) is 0 Å². The molecule has 20 heavy (non-hydrogen) atoms. The van der Waals surface area contributed by atoms with Crippen molar-refractivity contribution >= 4 is 5.97 Å². The normalized spacial score (nSPS) is 12.2.